The molecule has 3 aromatic rings. The molecule has 2 aliphatic rings. The zero-order valence-electron chi connectivity index (χ0n) is 15.2. The number of aromatic nitrogens is 2. The molecule has 0 fully saturated rings. The molecule has 2 amide bonds. The highest BCUT2D eigenvalue weighted by Crippen LogP contribution is 2.38. The van der Waals surface area contributed by atoms with Crippen molar-refractivity contribution in [3.63, 3.8) is 0 Å². The third-order valence-corrected chi connectivity index (χ3v) is 6.93. The minimum absolute atomic E-state index is 0.421. The molecule has 0 unspecified atom stereocenters. The van der Waals surface area contributed by atoms with Gasteiger partial charge in [-0.15, -0.1) is 0 Å². The van der Waals surface area contributed by atoms with Crippen molar-refractivity contribution in [3.05, 3.63) is 59.0 Å². The maximum absolute atomic E-state index is 12.7. The predicted octanol–water partition coefficient (Wildman–Crippen LogP) is 2.93. The van der Waals surface area contributed by atoms with Gasteiger partial charge in [-0.1, -0.05) is 6.07 Å². The number of rotatable bonds is 3. The van der Waals surface area contributed by atoms with Crippen LogP contribution >= 0.6 is 0 Å². The van der Waals surface area contributed by atoms with E-state index in [1.165, 1.54) is 23.5 Å². The van der Waals surface area contributed by atoms with Crippen LogP contribution in [0.2, 0.25) is 0 Å². The molecule has 144 valence electrons. The quantitative estimate of drug-likeness (QED) is 0.712. The van der Waals surface area contributed by atoms with Gasteiger partial charge in [0, 0.05) is 23.5 Å². The standard InChI is InChI=1S/C20H20N4O3S/c25-20(23-28(26,27)24-10-8-13-7-9-21-12-18(13)24)22-19-16-5-1-3-14(16)11-15-4-2-6-17(15)19/h7-12H,1-6H2,(H2,22,23,25). The molecule has 0 radical (unpaired) electrons. The molecule has 2 heterocycles. The summed E-state index contributed by atoms with van der Waals surface area (Å²) in [6, 6.07) is 4.92. The molecule has 0 spiro atoms. The first-order valence-corrected chi connectivity index (χ1v) is 10.9. The number of nitrogens with one attached hydrogen (secondary N) is 2. The minimum Gasteiger partial charge on any atom is -0.307 e. The molecule has 0 aliphatic heterocycles. The summed E-state index contributed by atoms with van der Waals surface area (Å²) in [5, 5.41) is 3.59. The van der Waals surface area contributed by atoms with Crippen molar-refractivity contribution < 1.29 is 13.2 Å². The van der Waals surface area contributed by atoms with Crippen LogP contribution in [0.4, 0.5) is 10.5 Å². The Morgan fingerprint density at radius 3 is 2.46 bits per heavy atom. The molecule has 2 aromatic heterocycles. The number of amides is 2. The molecular weight excluding hydrogens is 376 g/mol. The first-order valence-electron chi connectivity index (χ1n) is 9.45. The Morgan fingerprint density at radius 2 is 1.75 bits per heavy atom. The number of urea groups is 1. The third kappa shape index (κ3) is 2.75. The Bertz CT molecular complexity index is 1180. The van der Waals surface area contributed by atoms with E-state index in [0.717, 1.165) is 64.7 Å². The van der Waals surface area contributed by atoms with Gasteiger partial charge in [-0.05, 0) is 72.9 Å². The van der Waals surface area contributed by atoms with E-state index < -0.39 is 16.2 Å². The van der Waals surface area contributed by atoms with E-state index in [1.807, 2.05) is 0 Å². The normalized spacial score (nSPS) is 15.4. The van der Waals surface area contributed by atoms with E-state index in [-0.39, 0.29) is 0 Å². The van der Waals surface area contributed by atoms with Gasteiger partial charge in [0.25, 0.3) is 0 Å². The van der Waals surface area contributed by atoms with E-state index in [4.69, 9.17) is 0 Å². The average molecular weight is 396 g/mol. The van der Waals surface area contributed by atoms with Crippen LogP contribution in [-0.2, 0) is 35.9 Å². The highest BCUT2D eigenvalue weighted by atomic mass is 32.2. The van der Waals surface area contributed by atoms with E-state index in [9.17, 15) is 13.2 Å². The molecule has 2 aliphatic carbocycles. The van der Waals surface area contributed by atoms with Gasteiger partial charge in [0.1, 0.15) is 0 Å². The molecule has 0 bridgehead atoms. The van der Waals surface area contributed by atoms with Crippen LogP contribution in [0.25, 0.3) is 10.9 Å². The fourth-order valence-corrected chi connectivity index (χ4v) is 5.45. The number of hydrogen-bond acceptors (Lipinski definition) is 4. The van der Waals surface area contributed by atoms with Crippen LogP contribution < -0.4 is 10.0 Å². The van der Waals surface area contributed by atoms with E-state index in [2.05, 4.69) is 21.1 Å². The van der Waals surface area contributed by atoms with Gasteiger partial charge in [-0.25, -0.2) is 13.5 Å². The lowest BCUT2D eigenvalue weighted by Crippen LogP contribution is -2.38. The Balaban J connectivity index is 1.44. The Labute approximate surface area is 163 Å². The molecule has 2 N–H and O–H groups in total. The second-order valence-corrected chi connectivity index (χ2v) is 8.89. The van der Waals surface area contributed by atoms with Gasteiger partial charge >= 0.3 is 16.2 Å². The fraction of sp³-hybridized carbons (Fsp3) is 0.300. The number of nitrogens with zero attached hydrogens (tertiary/aromatic N) is 2. The second-order valence-electron chi connectivity index (χ2n) is 7.34. The first-order chi connectivity index (χ1) is 13.5. The Hall–Kier alpha value is -2.87. The zero-order valence-corrected chi connectivity index (χ0v) is 16.1. The average Bonchev–Trinajstić information content (AvgIpc) is 3.39. The summed E-state index contributed by atoms with van der Waals surface area (Å²) in [5.41, 5.74) is 6.11. The summed E-state index contributed by atoms with van der Waals surface area (Å²) in [4.78, 5) is 16.6. The monoisotopic (exact) mass is 396 g/mol. The van der Waals surface area contributed by atoms with E-state index in [1.54, 1.807) is 18.3 Å². The lowest BCUT2D eigenvalue weighted by molar-refractivity contribution is 0.256. The van der Waals surface area contributed by atoms with Gasteiger partial charge in [-0.2, -0.15) is 8.42 Å². The van der Waals surface area contributed by atoms with Gasteiger partial charge in [0.15, 0.2) is 0 Å². The molecular formula is C20H20N4O3S. The fourth-order valence-electron chi connectivity index (χ4n) is 4.43. The summed E-state index contributed by atoms with van der Waals surface area (Å²) in [6.07, 6.45) is 10.5. The summed E-state index contributed by atoms with van der Waals surface area (Å²) in [6.45, 7) is 0. The maximum Gasteiger partial charge on any atom is 0.334 e. The topological polar surface area (TPSA) is 93.1 Å². The lowest BCUT2D eigenvalue weighted by atomic mass is 9.99. The molecule has 0 atom stereocenters. The van der Waals surface area contributed by atoms with Crippen LogP contribution in [0.3, 0.4) is 0 Å². The highest BCUT2D eigenvalue weighted by molar-refractivity contribution is 7.88. The number of aryl methyl sites for hydroxylation is 2. The molecule has 0 saturated carbocycles. The van der Waals surface area contributed by atoms with Crippen LogP contribution in [0.5, 0.6) is 0 Å². The number of benzene rings is 1. The molecule has 5 rings (SSSR count). The van der Waals surface area contributed by atoms with Gasteiger partial charge in [0.05, 0.1) is 11.7 Å². The number of carbonyl (C=O) groups excluding carboxylic acids is 1. The molecule has 7 nitrogen and oxygen atoms in total. The number of hydrogen-bond donors (Lipinski definition) is 2. The SMILES string of the molecule is O=C(Nc1c2c(cc3c1CCC3)CCC2)NS(=O)(=O)n1ccc2ccncc21. The van der Waals surface area contributed by atoms with E-state index >= 15 is 0 Å². The second kappa shape index (κ2) is 6.34. The summed E-state index contributed by atoms with van der Waals surface area (Å²) < 4.78 is 28.7. The van der Waals surface area contributed by atoms with Crippen molar-refractivity contribution in [2.24, 2.45) is 0 Å². The summed E-state index contributed by atoms with van der Waals surface area (Å²) in [7, 11) is -4.08. The number of fused-ring (bicyclic) bond motifs is 3. The zero-order chi connectivity index (χ0) is 19.3. The molecule has 1 aromatic carbocycles. The molecule has 28 heavy (non-hydrogen) atoms. The van der Waals surface area contributed by atoms with Crippen molar-refractivity contribution >= 4 is 32.8 Å². The van der Waals surface area contributed by atoms with Crippen molar-refractivity contribution in [2.75, 3.05) is 5.32 Å². The number of carbonyl (C=O) groups is 1. The highest BCUT2D eigenvalue weighted by Gasteiger charge is 2.26. The number of pyridine rings is 1. The largest absolute Gasteiger partial charge is 0.334 e. The van der Waals surface area contributed by atoms with Crippen molar-refractivity contribution in [3.8, 4) is 0 Å². The van der Waals surface area contributed by atoms with Crippen molar-refractivity contribution in [2.45, 2.75) is 38.5 Å². The molecule has 0 saturated heterocycles. The summed E-state index contributed by atoms with van der Waals surface area (Å²) in [5.74, 6) is 0. The maximum atomic E-state index is 12.7. The Morgan fingerprint density at radius 1 is 1.04 bits per heavy atom. The van der Waals surface area contributed by atoms with Crippen LogP contribution in [0.1, 0.15) is 35.1 Å². The molecule has 8 heteroatoms. The predicted molar refractivity (Wildman–Crippen MR) is 107 cm³/mol. The van der Waals surface area contributed by atoms with Crippen molar-refractivity contribution in [1.29, 1.82) is 0 Å². The minimum atomic E-state index is -4.08. The van der Waals surface area contributed by atoms with Gasteiger partial charge in [-0.3, -0.25) is 4.98 Å². The van der Waals surface area contributed by atoms with Crippen molar-refractivity contribution in [1.82, 2.24) is 13.7 Å². The van der Waals surface area contributed by atoms with Gasteiger partial charge in [0.2, 0.25) is 0 Å². The van der Waals surface area contributed by atoms with Crippen LogP contribution in [0.15, 0.2) is 36.8 Å². The third-order valence-electron chi connectivity index (χ3n) is 5.65. The lowest BCUT2D eigenvalue weighted by Gasteiger charge is -2.17. The smallest absolute Gasteiger partial charge is 0.307 e. The van der Waals surface area contributed by atoms with Crippen LogP contribution in [-0.4, -0.2) is 23.4 Å². The first kappa shape index (κ1) is 17.2. The van der Waals surface area contributed by atoms with Gasteiger partial charge < -0.3 is 5.32 Å². The van der Waals surface area contributed by atoms with E-state index in [0.29, 0.717) is 5.52 Å². The number of anilines is 1. The summed E-state index contributed by atoms with van der Waals surface area (Å²) >= 11 is 0. The Kier molecular flexibility index (Phi) is 3.90. The van der Waals surface area contributed by atoms with Crippen LogP contribution in [0, 0.1) is 0 Å².